The van der Waals surface area contributed by atoms with Gasteiger partial charge in [0.2, 0.25) is 16.0 Å². The van der Waals surface area contributed by atoms with Crippen molar-refractivity contribution in [3.63, 3.8) is 0 Å². The van der Waals surface area contributed by atoms with Gasteiger partial charge in [-0.2, -0.15) is 4.31 Å². The van der Waals surface area contributed by atoms with Crippen molar-refractivity contribution in [1.82, 2.24) is 33.5 Å². The number of fused-ring (bicyclic) bond motifs is 1. The molecule has 2 aliphatic heterocycles. The molecule has 2 atom stereocenters. The molecule has 3 aromatic rings. The van der Waals surface area contributed by atoms with Gasteiger partial charge < -0.3 is 19.8 Å². The Hall–Kier alpha value is -2.87. The monoisotopic (exact) mass is 501 g/mol. The number of hydrogen-bond donors (Lipinski definition) is 1. The third kappa shape index (κ3) is 4.94. The molecular weight excluding hydrogens is 470 g/mol. The molecule has 0 spiro atoms. The highest BCUT2D eigenvalue weighted by molar-refractivity contribution is 7.88. The molecule has 0 saturated carbocycles. The van der Waals surface area contributed by atoms with Gasteiger partial charge in [-0.05, 0) is 13.8 Å². The van der Waals surface area contributed by atoms with Crippen molar-refractivity contribution in [1.29, 1.82) is 0 Å². The van der Waals surface area contributed by atoms with E-state index in [2.05, 4.69) is 33.6 Å². The van der Waals surface area contributed by atoms with Crippen LogP contribution in [0.5, 0.6) is 0 Å². The van der Waals surface area contributed by atoms with Gasteiger partial charge in [0.25, 0.3) is 0 Å². The van der Waals surface area contributed by atoms with Crippen LogP contribution in [0.2, 0.25) is 0 Å². The normalized spacial score (nSPS) is 22.7. The quantitative estimate of drug-likeness (QED) is 0.525. The highest BCUT2D eigenvalue weighted by Gasteiger charge is 2.34. The summed E-state index contributed by atoms with van der Waals surface area (Å²) in [7, 11) is -3.22. The predicted octanol–water partition coefficient (Wildman–Crippen LogP) is 0.459. The van der Waals surface area contributed by atoms with Crippen LogP contribution in [0.25, 0.3) is 16.9 Å². The van der Waals surface area contributed by atoms with E-state index in [0.29, 0.717) is 32.8 Å². The zero-order valence-corrected chi connectivity index (χ0v) is 21.0. The molecule has 188 valence electrons. The molecule has 2 fully saturated rings. The molecule has 3 aromatic heterocycles. The van der Waals surface area contributed by atoms with Gasteiger partial charge in [0, 0.05) is 75.2 Å². The summed E-state index contributed by atoms with van der Waals surface area (Å²) >= 11 is 0. The first-order chi connectivity index (χ1) is 16.7. The van der Waals surface area contributed by atoms with Crippen LogP contribution in [0, 0.1) is 0 Å². The van der Waals surface area contributed by atoms with E-state index in [1.54, 1.807) is 16.7 Å². The lowest BCUT2D eigenvalue weighted by molar-refractivity contribution is 0.0692. The maximum Gasteiger partial charge on any atom is 0.219 e. The minimum atomic E-state index is -3.22. The Morgan fingerprint density at radius 3 is 2.34 bits per heavy atom. The molecule has 0 aliphatic carbocycles. The SMILES string of the molecule is C[C@@H]1CN(S(C)(=O)=O)C[C@H](C)N1Cc1cn2cc(-c3cnc(N)nc3)nc(N3CCOCC3)c2n1. The number of sulfonamides is 1. The number of rotatable bonds is 5. The Kier molecular flexibility index (Phi) is 6.34. The second kappa shape index (κ2) is 9.30. The molecule has 0 unspecified atom stereocenters. The first-order valence-electron chi connectivity index (χ1n) is 11.7. The second-order valence-corrected chi connectivity index (χ2v) is 11.3. The van der Waals surface area contributed by atoms with Crippen LogP contribution in [0.15, 0.2) is 24.8 Å². The van der Waals surface area contributed by atoms with E-state index in [9.17, 15) is 8.42 Å². The van der Waals surface area contributed by atoms with Crippen LogP contribution >= 0.6 is 0 Å². The fourth-order valence-corrected chi connectivity index (χ4v) is 5.76. The third-order valence-corrected chi connectivity index (χ3v) is 7.87. The molecule has 5 rings (SSSR count). The number of nitrogens with zero attached hydrogens (tertiary/aromatic N) is 8. The molecular formula is C22H31N9O3S. The Balaban J connectivity index is 1.49. The Bertz CT molecular complexity index is 1290. The van der Waals surface area contributed by atoms with Gasteiger partial charge in [-0.1, -0.05) is 0 Å². The number of anilines is 2. The summed E-state index contributed by atoms with van der Waals surface area (Å²) in [5.74, 6) is 1.00. The summed E-state index contributed by atoms with van der Waals surface area (Å²) in [6.07, 6.45) is 8.56. The fraction of sp³-hybridized carbons (Fsp3) is 0.545. The number of nitrogens with two attached hydrogens (primary N) is 1. The van der Waals surface area contributed by atoms with E-state index in [4.69, 9.17) is 20.4 Å². The first kappa shape index (κ1) is 23.9. The predicted molar refractivity (Wildman–Crippen MR) is 132 cm³/mol. The number of aromatic nitrogens is 5. The Labute approximate surface area is 204 Å². The number of piperazine rings is 1. The molecule has 0 bridgehead atoms. The van der Waals surface area contributed by atoms with E-state index in [1.807, 2.05) is 16.8 Å². The van der Waals surface area contributed by atoms with Crippen LogP contribution < -0.4 is 10.6 Å². The minimum Gasteiger partial charge on any atom is -0.378 e. The van der Waals surface area contributed by atoms with Gasteiger partial charge in [-0.25, -0.2) is 28.4 Å². The average Bonchev–Trinajstić information content (AvgIpc) is 3.23. The van der Waals surface area contributed by atoms with Crippen molar-refractivity contribution >= 4 is 27.4 Å². The van der Waals surface area contributed by atoms with Crippen LogP contribution in [0.4, 0.5) is 11.8 Å². The van der Waals surface area contributed by atoms with Crippen LogP contribution in [0.3, 0.4) is 0 Å². The second-order valence-electron chi connectivity index (χ2n) is 9.29. The summed E-state index contributed by atoms with van der Waals surface area (Å²) in [5, 5.41) is 0. The van der Waals surface area contributed by atoms with Crippen molar-refractivity contribution < 1.29 is 13.2 Å². The highest BCUT2D eigenvalue weighted by Crippen LogP contribution is 2.27. The molecule has 5 heterocycles. The van der Waals surface area contributed by atoms with Crippen molar-refractivity contribution in [2.24, 2.45) is 0 Å². The lowest BCUT2D eigenvalue weighted by Crippen LogP contribution is -2.57. The summed E-state index contributed by atoms with van der Waals surface area (Å²) in [4.78, 5) is 22.6. The van der Waals surface area contributed by atoms with Crippen molar-refractivity contribution in [3.05, 3.63) is 30.5 Å². The Morgan fingerprint density at radius 1 is 1.06 bits per heavy atom. The minimum absolute atomic E-state index is 0.0672. The van der Waals surface area contributed by atoms with Gasteiger partial charge in [0.05, 0.1) is 30.9 Å². The zero-order valence-electron chi connectivity index (χ0n) is 20.2. The van der Waals surface area contributed by atoms with Gasteiger partial charge >= 0.3 is 0 Å². The topological polar surface area (TPSA) is 135 Å². The molecule has 2 N–H and O–H groups in total. The van der Waals surface area contributed by atoms with E-state index in [1.165, 1.54) is 6.26 Å². The zero-order chi connectivity index (χ0) is 24.7. The average molecular weight is 502 g/mol. The lowest BCUT2D eigenvalue weighted by Gasteiger charge is -2.43. The summed E-state index contributed by atoms with van der Waals surface area (Å²) in [6, 6.07) is 0.134. The molecule has 35 heavy (non-hydrogen) atoms. The lowest BCUT2D eigenvalue weighted by atomic mass is 10.1. The molecule has 2 aliphatic rings. The smallest absolute Gasteiger partial charge is 0.219 e. The molecule has 2 saturated heterocycles. The summed E-state index contributed by atoms with van der Waals surface area (Å²) in [5.41, 5.74) is 8.84. The van der Waals surface area contributed by atoms with Crippen molar-refractivity contribution in [2.45, 2.75) is 32.5 Å². The molecule has 0 radical (unpaired) electrons. The fourth-order valence-electron chi connectivity index (χ4n) is 4.78. The van der Waals surface area contributed by atoms with Gasteiger partial charge in [-0.3, -0.25) is 4.90 Å². The molecule has 13 heteroatoms. The maximum atomic E-state index is 12.1. The number of hydrogen-bond acceptors (Lipinski definition) is 10. The van der Waals surface area contributed by atoms with Gasteiger partial charge in [0.15, 0.2) is 11.5 Å². The van der Waals surface area contributed by atoms with Crippen molar-refractivity contribution in [3.8, 4) is 11.3 Å². The largest absolute Gasteiger partial charge is 0.378 e. The number of nitrogen functional groups attached to an aromatic ring is 1. The summed E-state index contributed by atoms with van der Waals surface area (Å²) in [6.45, 7) is 8.41. The maximum absolute atomic E-state index is 12.1. The Morgan fingerprint density at radius 2 is 1.71 bits per heavy atom. The third-order valence-electron chi connectivity index (χ3n) is 6.63. The van der Waals surface area contributed by atoms with Crippen LogP contribution in [-0.4, -0.2) is 99.7 Å². The number of ether oxygens (including phenoxy) is 1. The van der Waals surface area contributed by atoms with Crippen LogP contribution in [-0.2, 0) is 21.3 Å². The van der Waals surface area contributed by atoms with E-state index in [0.717, 1.165) is 41.5 Å². The van der Waals surface area contributed by atoms with E-state index in [-0.39, 0.29) is 18.0 Å². The molecule has 12 nitrogen and oxygen atoms in total. The summed E-state index contributed by atoms with van der Waals surface area (Å²) < 4.78 is 33.2. The van der Waals surface area contributed by atoms with Crippen molar-refractivity contribution in [2.75, 3.05) is 56.3 Å². The molecule has 0 amide bonds. The molecule has 0 aromatic carbocycles. The van der Waals surface area contributed by atoms with Crippen LogP contribution in [0.1, 0.15) is 19.5 Å². The van der Waals surface area contributed by atoms with E-state index >= 15 is 0 Å². The highest BCUT2D eigenvalue weighted by atomic mass is 32.2. The first-order valence-corrected chi connectivity index (χ1v) is 13.5. The standard InChI is InChI=1S/C22H31N9O3S/c1-15-10-30(35(3,32)33)11-16(2)31(15)13-18-12-29-14-19(17-8-24-22(23)25-9-17)27-21(20(29)26-18)28-4-6-34-7-5-28/h8-9,12,14-16H,4-7,10-11,13H2,1-3H3,(H2,23,24,25)/t15-,16+. The van der Waals surface area contributed by atoms with E-state index < -0.39 is 10.0 Å². The number of imidazole rings is 1. The number of morpholine rings is 1. The van der Waals surface area contributed by atoms with Gasteiger partial charge in [-0.15, -0.1) is 0 Å². The van der Waals surface area contributed by atoms with Gasteiger partial charge in [0.1, 0.15) is 0 Å².